The minimum atomic E-state index is -0.0611. The zero-order valence-electron chi connectivity index (χ0n) is 11.0. The van der Waals surface area contributed by atoms with Crippen molar-refractivity contribution in [3.63, 3.8) is 0 Å². The van der Waals surface area contributed by atoms with Gasteiger partial charge in [0.05, 0.1) is 0 Å². The van der Waals surface area contributed by atoms with Gasteiger partial charge < -0.3 is 5.32 Å². The smallest absolute Gasteiger partial charge is 0.251 e. The number of benzene rings is 1. The fraction of sp³-hybridized carbons (Fsp3) is 0.467. The molecule has 1 aromatic carbocycles. The van der Waals surface area contributed by atoms with Crippen LogP contribution in [0.3, 0.4) is 0 Å². The van der Waals surface area contributed by atoms with E-state index in [0.717, 1.165) is 24.8 Å². The van der Waals surface area contributed by atoms with E-state index in [9.17, 15) is 9.59 Å². The van der Waals surface area contributed by atoms with Gasteiger partial charge in [-0.05, 0) is 24.5 Å². The summed E-state index contributed by atoms with van der Waals surface area (Å²) in [6, 6.07) is 5.52. The van der Waals surface area contributed by atoms with Crippen LogP contribution in [-0.4, -0.2) is 18.2 Å². The number of Topliss-reactive ketones (excluding diaryl/α,β-unsaturated/α-hetero) is 1. The van der Waals surface area contributed by atoms with E-state index in [1.165, 1.54) is 0 Å². The van der Waals surface area contributed by atoms with E-state index >= 15 is 0 Å². The Hall–Kier alpha value is -1.64. The van der Waals surface area contributed by atoms with E-state index in [0.29, 0.717) is 17.7 Å². The van der Waals surface area contributed by atoms with Crippen molar-refractivity contribution in [2.45, 2.75) is 33.1 Å². The first-order valence-electron chi connectivity index (χ1n) is 6.58. The summed E-state index contributed by atoms with van der Waals surface area (Å²) < 4.78 is 0. The topological polar surface area (TPSA) is 46.2 Å². The molecule has 1 aliphatic heterocycles. The van der Waals surface area contributed by atoms with Gasteiger partial charge in [-0.3, -0.25) is 9.59 Å². The first-order chi connectivity index (χ1) is 8.63. The Morgan fingerprint density at radius 3 is 2.94 bits per heavy atom. The van der Waals surface area contributed by atoms with Crippen molar-refractivity contribution in [2.24, 2.45) is 5.92 Å². The van der Waals surface area contributed by atoms with Crippen molar-refractivity contribution in [3.05, 3.63) is 34.9 Å². The second-order valence-corrected chi connectivity index (χ2v) is 4.93. The van der Waals surface area contributed by atoms with Gasteiger partial charge in [-0.15, -0.1) is 0 Å². The van der Waals surface area contributed by atoms with Crippen molar-refractivity contribution in [2.75, 3.05) is 6.54 Å². The molecule has 0 aliphatic carbocycles. The van der Waals surface area contributed by atoms with Gasteiger partial charge in [0.25, 0.3) is 5.91 Å². The van der Waals surface area contributed by atoms with E-state index in [-0.39, 0.29) is 17.6 Å². The molecule has 1 N–H and O–H groups in total. The SMILES string of the molecule is CCCC(C)C(=O)c1ccc2c(c1)C(=O)NCC2. The van der Waals surface area contributed by atoms with Gasteiger partial charge in [0.2, 0.25) is 0 Å². The number of amides is 1. The first kappa shape index (κ1) is 12.8. The van der Waals surface area contributed by atoms with Crippen LogP contribution in [0.1, 0.15) is 53.0 Å². The number of hydrogen-bond donors (Lipinski definition) is 1. The first-order valence-corrected chi connectivity index (χ1v) is 6.58. The lowest BCUT2D eigenvalue weighted by Gasteiger charge is -2.17. The molecule has 18 heavy (non-hydrogen) atoms. The molecule has 3 nitrogen and oxygen atoms in total. The van der Waals surface area contributed by atoms with Crippen LogP contribution in [0.5, 0.6) is 0 Å². The molecule has 96 valence electrons. The minimum absolute atomic E-state index is 0.0275. The van der Waals surface area contributed by atoms with Crippen molar-refractivity contribution < 1.29 is 9.59 Å². The third kappa shape index (κ3) is 2.45. The molecule has 2 rings (SSSR count). The van der Waals surface area contributed by atoms with Crippen molar-refractivity contribution in [1.82, 2.24) is 5.32 Å². The van der Waals surface area contributed by atoms with Crippen LogP contribution in [0, 0.1) is 5.92 Å². The van der Waals surface area contributed by atoms with Crippen LogP contribution in [0.15, 0.2) is 18.2 Å². The summed E-state index contributed by atoms with van der Waals surface area (Å²) in [5, 5.41) is 2.81. The maximum Gasteiger partial charge on any atom is 0.251 e. The van der Waals surface area contributed by atoms with E-state index < -0.39 is 0 Å². The van der Waals surface area contributed by atoms with Gasteiger partial charge in [0.15, 0.2) is 5.78 Å². The lowest BCUT2D eigenvalue weighted by Crippen LogP contribution is -2.32. The quantitative estimate of drug-likeness (QED) is 0.829. The number of ketones is 1. The summed E-state index contributed by atoms with van der Waals surface area (Å²) in [5.41, 5.74) is 2.36. The molecule has 0 saturated heterocycles. The Bertz CT molecular complexity index is 479. The molecule has 1 heterocycles. The van der Waals surface area contributed by atoms with Gasteiger partial charge in [-0.25, -0.2) is 0 Å². The Kier molecular flexibility index (Phi) is 3.80. The van der Waals surface area contributed by atoms with E-state index in [1.807, 2.05) is 19.1 Å². The second-order valence-electron chi connectivity index (χ2n) is 4.93. The molecule has 0 spiro atoms. The Labute approximate surface area is 108 Å². The van der Waals surface area contributed by atoms with E-state index in [4.69, 9.17) is 0 Å². The van der Waals surface area contributed by atoms with E-state index in [1.54, 1.807) is 6.07 Å². The molecule has 0 saturated carbocycles. The number of carbonyl (C=O) groups is 2. The van der Waals surface area contributed by atoms with Crippen LogP contribution >= 0.6 is 0 Å². The van der Waals surface area contributed by atoms with Crippen molar-refractivity contribution >= 4 is 11.7 Å². The zero-order chi connectivity index (χ0) is 13.1. The van der Waals surface area contributed by atoms with Crippen LogP contribution in [0.25, 0.3) is 0 Å². The second kappa shape index (κ2) is 5.34. The molecular weight excluding hydrogens is 226 g/mol. The zero-order valence-corrected chi connectivity index (χ0v) is 11.0. The van der Waals surface area contributed by atoms with Gasteiger partial charge in [0.1, 0.15) is 0 Å². The Morgan fingerprint density at radius 1 is 1.44 bits per heavy atom. The summed E-state index contributed by atoms with van der Waals surface area (Å²) in [5.74, 6) is 0.103. The lowest BCUT2D eigenvalue weighted by atomic mass is 9.91. The monoisotopic (exact) mass is 245 g/mol. The van der Waals surface area contributed by atoms with Gasteiger partial charge in [-0.1, -0.05) is 32.4 Å². The van der Waals surface area contributed by atoms with Gasteiger partial charge in [-0.2, -0.15) is 0 Å². The molecule has 1 unspecified atom stereocenters. The number of rotatable bonds is 4. The molecule has 3 heteroatoms. The highest BCUT2D eigenvalue weighted by Gasteiger charge is 2.20. The average Bonchev–Trinajstić information content (AvgIpc) is 2.38. The number of fused-ring (bicyclic) bond motifs is 1. The predicted octanol–water partition coefficient (Wildman–Crippen LogP) is 2.59. The highest BCUT2D eigenvalue weighted by molar-refractivity contribution is 6.02. The minimum Gasteiger partial charge on any atom is -0.352 e. The molecule has 1 amide bonds. The average molecular weight is 245 g/mol. The molecule has 1 aliphatic rings. The molecule has 0 radical (unpaired) electrons. The molecule has 0 aromatic heterocycles. The summed E-state index contributed by atoms with van der Waals surface area (Å²) in [6.07, 6.45) is 2.74. The largest absolute Gasteiger partial charge is 0.352 e. The molecule has 1 aromatic rings. The van der Waals surface area contributed by atoms with Crippen LogP contribution in [0.2, 0.25) is 0 Å². The Balaban J connectivity index is 2.28. The normalized spacial score (nSPS) is 15.8. The van der Waals surface area contributed by atoms with E-state index in [2.05, 4.69) is 12.2 Å². The molecular formula is C15H19NO2. The number of carbonyl (C=O) groups excluding carboxylic acids is 2. The third-order valence-corrected chi connectivity index (χ3v) is 3.49. The van der Waals surface area contributed by atoms with Crippen LogP contribution < -0.4 is 5.32 Å². The molecule has 1 atom stereocenters. The fourth-order valence-electron chi connectivity index (χ4n) is 2.41. The molecule has 0 bridgehead atoms. The summed E-state index contributed by atoms with van der Waals surface area (Å²) in [4.78, 5) is 23.9. The summed E-state index contributed by atoms with van der Waals surface area (Å²) in [6.45, 7) is 4.71. The van der Waals surface area contributed by atoms with Crippen molar-refractivity contribution in [1.29, 1.82) is 0 Å². The standard InChI is InChI=1S/C15H19NO2/c1-3-4-10(2)14(17)12-6-5-11-7-8-16-15(18)13(11)9-12/h5-6,9-10H,3-4,7-8H2,1-2H3,(H,16,18). The Morgan fingerprint density at radius 2 is 2.22 bits per heavy atom. The van der Waals surface area contributed by atoms with Crippen molar-refractivity contribution in [3.8, 4) is 0 Å². The predicted molar refractivity (Wildman–Crippen MR) is 70.9 cm³/mol. The number of hydrogen-bond acceptors (Lipinski definition) is 2. The summed E-state index contributed by atoms with van der Waals surface area (Å²) in [7, 11) is 0. The lowest BCUT2D eigenvalue weighted by molar-refractivity contribution is 0.0923. The fourth-order valence-corrected chi connectivity index (χ4v) is 2.41. The van der Waals surface area contributed by atoms with Crippen LogP contribution in [0.4, 0.5) is 0 Å². The number of nitrogens with one attached hydrogen (secondary N) is 1. The maximum absolute atomic E-state index is 12.2. The third-order valence-electron chi connectivity index (χ3n) is 3.49. The molecule has 0 fully saturated rings. The highest BCUT2D eigenvalue weighted by atomic mass is 16.1. The van der Waals surface area contributed by atoms with Gasteiger partial charge >= 0.3 is 0 Å². The van der Waals surface area contributed by atoms with Gasteiger partial charge in [0, 0.05) is 23.6 Å². The summed E-state index contributed by atoms with van der Waals surface area (Å²) >= 11 is 0. The maximum atomic E-state index is 12.2. The highest BCUT2D eigenvalue weighted by Crippen LogP contribution is 2.19. The van der Waals surface area contributed by atoms with Crippen LogP contribution in [-0.2, 0) is 6.42 Å².